The van der Waals surface area contributed by atoms with Gasteiger partial charge in [-0.15, -0.1) is 0 Å². The Balaban J connectivity index is 0.894. The first-order valence-electron chi connectivity index (χ1n) is 16.5. The van der Waals surface area contributed by atoms with E-state index in [1.807, 2.05) is 47.6 Å². The number of carbonyl (C=O) groups is 1. The van der Waals surface area contributed by atoms with Crippen molar-refractivity contribution < 1.29 is 9.53 Å². The summed E-state index contributed by atoms with van der Waals surface area (Å²) in [6.07, 6.45) is 9.42. The number of aromatic nitrogens is 3. The normalized spacial score (nSPS) is 16.3. The number of rotatable bonds is 8. The summed E-state index contributed by atoms with van der Waals surface area (Å²) in [5.41, 5.74) is 3.27. The lowest BCUT2D eigenvalue weighted by Crippen LogP contribution is -2.49. The molecule has 9 nitrogen and oxygen atoms in total. The molecule has 2 fully saturated rings. The van der Waals surface area contributed by atoms with Gasteiger partial charge in [-0.3, -0.25) is 9.47 Å². The van der Waals surface area contributed by atoms with Crippen molar-refractivity contribution in [1.29, 1.82) is 0 Å². The number of amides is 1. The van der Waals surface area contributed by atoms with Gasteiger partial charge in [0.2, 0.25) is 0 Å². The molecule has 2 aliphatic rings. The molecular weight excluding hydrogens is 574 g/mol. The Morgan fingerprint density at radius 2 is 1.63 bits per heavy atom. The Kier molecular flexibility index (Phi) is 8.74. The van der Waals surface area contributed by atoms with Crippen molar-refractivity contribution in [2.45, 2.75) is 25.9 Å². The zero-order chi connectivity index (χ0) is 31.5. The molecule has 3 aromatic heterocycles. The molecule has 5 aromatic rings. The van der Waals surface area contributed by atoms with Crippen LogP contribution in [0, 0.1) is 5.92 Å². The van der Waals surface area contributed by atoms with Gasteiger partial charge in [0.15, 0.2) is 0 Å². The second kappa shape index (κ2) is 13.4. The highest BCUT2D eigenvalue weighted by molar-refractivity contribution is 5.95. The Hall–Kier alpha value is -4.63. The first kappa shape index (κ1) is 30.0. The van der Waals surface area contributed by atoms with E-state index in [9.17, 15) is 4.79 Å². The second-order valence-corrected chi connectivity index (χ2v) is 12.8. The molecule has 0 atom stereocenters. The maximum atomic E-state index is 12.5. The fraction of sp³-hybridized carbons (Fsp3) is 0.378. The number of carbonyl (C=O) groups excluding carboxylic acids is 1. The number of fused-ring (bicyclic) bond motifs is 2. The molecule has 7 rings (SSSR count). The van der Waals surface area contributed by atoms with Gasteiger partial charge in [-0.1, -0.05) is 42.5 Å². The summed E-state index contributed by atoms with van der Waals surface area (Å²) >= 11 is 0. The minimum absolute atomic E-state index is 0.205. The van der Waals surface area contributed by atoms with Gasteiger partial charge in [-0.25, -0.2) is 14.8 Å². The van der Waals surface area contributed by atoms with E-state index in [1.165, 1.54) is 35.7 Å². The zero-order valence-corrected chi connectivity index (χ0v) is 26.9. The topological polar surface area (TPSA) is 70.0 Å². The van der Waals surface area contributed by atoms with Gasteiger partial charge in [-0.2, -0.15) is 0 Å². The van der Waals surface area contributed by atoms with Crippen LogP contribution >= 0.6 is 0 Å². The van der Waals surface area contributed by atoms with Crippen molar-refractivity contribution in [3.8, 4) is 5.82 Å². The summed E-state index contributed by atoms with van der Waals surface area (Å²) in [4.78, 5) is 31.1. The molecule has 0 N–H and O–H groups in total. The van der Waals surface area contributed by atoms with Crippen LogP contribution < -0.4 is 9.80 Å². The van der Waals surface area contributed by atoms with Gasteiger partial charge in [-0.05, 0) is 61.6 Å². The van der Waals surface area contributed by atoms with E-state index < -0.39 is 0 Å². The molecule has 0 radical (unpaired) electrons. The molecule has 2 aliphatic heterocycles. The number of piperazine rings is 1. The zero-order valence-electron chi connectivity index (χ0n) is 26.9. The van der Waals surface area contributed by atoms with E-state index in [4.69, 9.17) is 14.7 Å². The van der Waals surface area contributed by atoms with Crippen molar-refractivity contribution >= 4 is 39.3 Å². The molecule has 0 bridgehead atoms. The van der Waals surface area contributed by atoms with E-state index in [0.717, 1.165) is 79.8 Å². The smallest absolute Gasteiger partial charge is 0.410 e. The molecule has 2 saturated heterocycles. The first-order valence-corrected chi connectivity index (χ1v) is 16.5. The van der Waals surface area contributed by atoms with Gasteiger partial charge in [0.25, 0.3) is 0 Å². The van der Waals surface area contributed by atoms with Gasteiger partial charge in [0, 0.05) is 87.6 Å². The number of hydrogen-bond donors (Lipinski definition) is 0. The van der Waals surface area contributed by atoms with Gasteiger partial charge < -0.3 is 19.4 Å². The Morgan fingerprint density at radius 3 is 2.41 bits per heavy atom. The largest absolute Gasteiger partial charge is 0.445 e. The second-order valence-electron chi connectivity index (χ2n) is 12.8. The lowest BCUT2D eigenvalue weighted by atomic mass is 9.93. The molecule has 5 heterocycles. The van der Waals surface area contributed by atoms with E-state index in [0.29, 0.717) is 6.61 Å². The van der Waals surface area contributed by atoms with Crippen LogP contribution in [0.1, 0.15) is 24.8 Å². The maximum absolute atomic E-state index is 12.5. The molecule has 9 heteroatoms. The van der Waals surface area contributed by atoms with E-state index >= 15 is 0 Å². The average Bonchev–Trinajstić information content (AvgIpc) is 3.53. The van der Waals surface area contributed by atoms with Crippen LogP contribution in [0.15, 0.2) is 85.3 Å². The summed E-state index contributed by atoms with van der Waals surface area (Å²) in [6, 6.07) is 22.8. The Labute approximate surface area is 271 Å². The molecule has 0 unspecified atom stereocenters. The van der Waals surface area contributed by atoms with E-state index in [2.05, 4.69) is 76.0 Å². The molecule has 0 saturated carbocycles. The molecular formula is C37H43N7O2. The standard InChI is InChI=1S/C37H43N7O2/c1-40(2)33-10-6-9-31-25-38-36(24-32(31)33)44-18-14-30-23-35(39-26-34(30)44)42-16-12-28(13-17-42)11-15-41-19-21-43(22-20-41)37(45)46-27-29-7-4-3-5-8-29/h3-10,14,18,23-26,28H,11-13,15-17,19-22,27H2,1-2H3. The molecule has 0 spiro atoms. The molecule has 1 amide bonds. The SMILES string of the molecule is CN(C)c1cccc2cnc(-n3ccc4cc(N5CCC(CCN6CCN(C(=O)OCc7ccccc7)CC6)CC5)ncc43)cc12. The fourth-order valence-electron chi connectivity index (χ4n) is 6.84. The number of nitrogens with zero attached hydrogens (tertiary/aromatic N) is 7. The lowest BCUT2D eigenvalue weighted by Gasteiger charge is -2.36. The third kappa shape index (κ3) is 6.51. The summed E-state index contributed by atoms with van der Waals surface area (Å²) in [5, 5.41) is 3.50. The third-order valence-electron chi connectivity index (χ3n) is 9.64. The average molecular weight is 618 g/mol. The highest BCUT2D eigenvalue weighted by Gasteiger charge is 2.25. The Bertz CT molecular complexity index is 1790. The van der Waals surface area contributed by atoms with Crippen LogP contribution in [-0.4, -0.2) is 90.3 Å². The lowest BCUT2D eigenvalue weighted by molar-refractivity contribution is 0.0700. The van der Waals surface area contributed by atoms with Gasteiger partial charge in [0.05, 0.1) is 11.7 Å². The predicted octanol–water partition coefficient (Wildman–Crippen LogP) is 6.20. The minimum atomic E-state index is -0.205. The number of ether oxygens (including phenoxy) is 1. The number of hydrogen-bond acceptors (Lipinski definition) is 7. The molecule has 0 aliphatic carbocycles. The summed E-state index contributed by atoms with van der Waals surface area (Å²) in [7, 11) is 4.15. The van der Waals surface area contributed by atoms with Crippen molar-refractivity contribution in [3.05, 3.63) is 90.9 Å². The fourth-order valence-corrected chi connectivity index (χ4v) is 6.84. The number of pyridine rings is 2. The minimum Gasteiger partial charge on any atom is -0.445 e. The maximum Gasteiger partial charge on any atom is 0.410 e. The van der Waals surface area contributed by atoms with Crippen LogP contribution in [-0.2, 0) is 11.3 Å². The highest BCUT2D eigenvalue weighted by Crippen LogP contribution is 2.30. The predicted molar refractivity (Wildman–Crippen MR) is 185 cm³/mol. The monoisotopic (exact) mass is 617 g/mol. The number of benzene rings is 2. The number of anilines is 2. The van der Waals surface area contributed by atoms with Crippen molar-refractivity contribution in [2.24, 2.45) is 5.92 Å². The van der Waals surface area contributed by atoms with Crippen LogP contribution in [0.3, 0.4) is 0 Å². The van der Waals surface area contributed by atoms with Crippen molar-refractivity contribution in [1.82, 2.24) is 24.3 Å². The molecule has 238 valence electrons. The first-order chi connectivity index (χ1) is 22.5. The summed E-state index contributed by atoms with van der Waals surface area (Å²) in [6.45, 7) is 6.77. The van der Waals surface area contributed by atoms with E-state index in [1.54, 1.807) is 0 Å². The quantitative estimate of drug-likeness (QED) is 0.205. The number of piperidine rings is 1. The highest BCUT2D eigenvalue weighted by atomic mass is 16.6. The Morgan fingerprint density at radius 1 is 0.848 bits per heavy atom. The van der Waals surface area contributed by atoms with Crippen LogP contribution in [0.25, 0.3) is 27.5 Å². The molecule has 2 aromatic carbocycles. The van der Waals surface area contributed by atoms with Crippen LogP contribution in [0.2, 0.25) is 0 Å². The van der Waals surface area contributed by atoms with Crippen LogP contribution in [0.4, 0.5) is 16.3 Å². The third-order valence-corrected chi connectivity index (χ3v) is 9.64. The summed E-state index contributed by atoms with van der Waals surface area (Å²) < 4.78 is 7.66. The summed E-state index contributed by atoms with van der Waals surface area (Å²) in [5.74, 6) is 2.68. The van der Waals surface area contributed by atoms with Crippen LogP contribution in [0.5, 0.6) is 0 Å². The van der Waals surface area contributed by atoms with Crippen molar-refractivity contribution in [2.75, 3.05) is 69.7 Å². The molecule has 46 heavy (non-hydrogen) atoms. The van der Waals surface area contributed by atoms with Gasteiger partial charge in [0.1, 0.15) is 18.2 Å². The van der Waals surface area contributed by atoms with Gasteiger partial charge >= 0.3 is 6.09 Å². The van der Waals surface area contributed by atoms with E-state index in [-0.39, 0.29) is 6.09 Å². The van der Waals surface area contributed by atoms with Crippen molar-refractivity contribution in [3.63, 3.8) is 0 Å².